The molecule has 0 saturated carbocycles. The van der Waals surface area contributed by atoms with Gasteiger partial charge in [-0.2, -0.15) is 0 Å². The van der Waals surface area contributed by atoms with Gasteiger partial charge in [-0.3, -0.25) is 0 Å². The first-order chi connectivity index (χ1) is 4.88. The van der Waals surface area contributed by atoms with Gasteiger partial charge in [0.2, 0.25) is 0 Å². The zero-order valence-corrected chi connectivity index (χ0v) is 6.98. The summed E-state index contributed by atoms with van der Waals surface area (Å²) >= 11 is 0. The third kappa shape index (κ3) is 1.52. The van der Waals surface area contributed by atoms with Gasteiger partial charge in [-0.05, 0) is 43.3 Å². The Balaban J connectivity index is 2.68. The zero-order chi connectivity index (χ0) is 7.40. The molecule has 1 aliphatic rings. The minimum Gasteiger partial charge on any atom is -0.126 e. The van der Waals surface area contributed by atoms with Gasteiger partial charge in [0.1, 0.15) is 0 Å². The molecule has 0 aromatic carbocycles. The van der Waals surface area contributed by atoms with Crippen molar-refractivity contribution in [1.29, 1.82) is 0 Å². The first-order valence-corrected chi connectivity index (χ1v) is 4.32. The maximum Gasteiger partial charge on any atom is -0.0127 e. The highest BCUT2D eigenvalue weighted by molar-refractivity contribution is 5.09. The van der Waals surface area contributed by atoms with Gasteiger partial charge in [-0.25, -0.2) is 0 Å². The van der Waals surface area contributed by atoms with E-state index in [2.05, 4.69) is 25.7 Å². The van der Waals surface area contributed by atoms with E-state index in [-0.39, 0.29) is 0 Å². The summed E-state index contributed by atoms with van der Waals surface area (Å²) < 4.78 is 0. The molecule has 1 aliphatic carbocycles. The second-order valence-corrected chi connectivity index (χ2v) is 2.91. The van der Waals surface area contributed by atoms with Crippen molar-refractivity contribution in [3.05, 3.63) is 17.4 Å². The third-order valence-electron chi connectivity index (χ3n) is 2.31. The van der Waals surface area contributed by atoms with Crippen molar-refractivity contribution in [3.8, 4) is 0 Å². The highest BCUT2D eigenvalue weighted by Crippen LogP contribution is 2.25. The highest BCUT2D eigenvalue weighted by Gasteiger charge is 2.11. The molecule has 0 N–H and O–H groups in total. The minimum absolute atomic E-state index is 0.843. The van der Waals surface area contributed by atoms with Gasteiger partial charge < -0.3 is 0 Å². The van der Waals surface area contributed by atoms with E-state index >= 15 is 0 Å². The molecule has 0 heteroatoms. The quantitative estimate of drug-likeness (QED) is 0.511. The number of hydrogen-bond donors (Lipinski definition) is 0. The fourth-order valence-corrected chi connectivity index (χ4v) is 1.62. The van der Waals surface area contributed by atoms with Gasteiger partial charge in [-0.15, -0.1) is 5.73 Å². The lowest BCUT2D eigenvalue weighted by Gasteiger charge is -2.17. The van der Waals surface area contributed by atoms with E-state index in [0.717, 1.165) is 5.92 Å². The van der Waals surface area contributed by atoms with Crippen molar-refractivity contribution in [3.63, 3.8) is 0 Å². The second-order valence-electron chi connectivity index (χ2n) is 2.91. The molecule has 0 aromatic rings. The molecule has 56 valence electrons. The van der Waals surface area contributed by atoms with E-state index < -0.39 is 0 Å². The molecule has 0 fully saturated rings. The van der Waals surface area contributed by atoms with Gasteiger partial charge in [0, 0.05) is 0 Å². The Kier molecular flexibility index (Phi) is 2.77. The Bertz CT molecular complexity index is 159. The molecule has 1 unspecified atom stereocenters. The Labute approximate surface area is 63.6 Å². The molecule has 0 heterocycles. The van der Waals surface area contributed by atoms with Crippen molar-refractivity contribution in [1.82, 2.24) is 0 Å². The van der Waals surface area contributed by atoms with E-state index in [9.17, 15) is 0 Å². The van der Waals surface area contributed by atoms with Crippen LogP contribution in [0.5, 0.6) is 0 Å². The molecule has 1 atom stereocenters. The summed E-state index contributed by atoms with van der Waals surface area (Å²) in [6, 6.07) is 0. The normalized spacial score (nSPS) is 24.6. The topological polar surface area (TPSA) is 0 Å². The van der Waals surface area contributed by atoms with Crippen LogP contribution < -0.4 is 0 Å². The maximum absolute atomic E-state index is 3.36. The van der Waals surface area contributed by atoms with Crippen molar-refractivity contribution in [2.24, 2.45) is 5.92 Å². The second kappa shape index (κ2) is 3.63. The molecule has 0 amide bonds. The maximum atomic E-state index is 3.36. The lowest BCUT2D eigenvalue weighted by Crippen LogP contribution is -2.03. The zero-order valence-electron chi connectivity index (χ0n) is 6.98. The fraction of sp³-hybridized carbons (Fsp3) is 0.700. The van der Waals surface area contributed by atoms with Gasteiger partial charge in [0.15, 0.2) is 0 Å². The summed E-state index contributed by atoms with van der Waals surface area (Å²) in [5.41, 5.74) is 4.90. The van der Waals surface area contributed by atoms with E-state index in [0.29, 0.717) is 0 Å². The monoisotopic (exact) mass is 136 g/mol. The minimum atomic E-state index is 0.843. The molecular weight excluding hydrogens is 120 g/mol. The van der Waals surface area contributed by atoms with Crippen LogP contribution in [0.1, 0.15) is 39.5 Å². The average molecular weight is 136 g/mol. The molecule has 0 spiro atoms. The first-order valence-electron chi connectivity index (χ1n) is 4.32. The Morgan fingerprint density at radius 2 is 2.40 bits per heavy atom. The number of hydrogen-bond acceptors (Lipinski definition) is 0. The van der Waals surface area contributed by atoms with Crippen LogP contribution in [0.2, 0.25) is 0 Å². The van der Waals surface area contributed by atoms with Crippen molar-refractivity contribution < 1.29 is 0 Å². The standard InChI is InChI=1S/C10H16/c1-3-9-7-5-6-8-10(9)4-2/h5,10H,3-4,6,8H2,1-2H3. The van der Waals surface area contributed by atoms with E-state index in [1.807, 2.05) is 0 Å². The molecule has 0 nitrogen and oxygen atoms in total. The molecule has 0 aromatic heterocycles. The van der Waals surface area contributed by atoms with Crippen LogP contribution in [0.25, 0.3) is 0 Å². The molecule has 10 heavy (non-hydrogen) atoms. The van der Waals surface area contributed by atoms with E-state index in [1.54, 1.807) is 0 Å². The molecule has 0 radical (unpaired) electrons. The number of allylic oxidation sites excluding steroid dienone is 1. The Morgan fingerprint density at radius 1 is 1.60 bits per heavy atom. The summed E-state index contributed by atoms with van der Waals surface area (Å²) in [6.07, 6.45) is 7.26. The summed E-state index contributed by atoms with van der Waals surface area (Å²) in [7, 11) is 0. The van der Waals surface area contributed by atoms with Gasteiger partial charge >= 0.3 is 0 Å². The summed E-state index contributed by atoms with van der Waals surface area (Å²) in [4.78, 5) is 0. The summed E-state index contributed by atoms with van der Waals surface area (Å²) in [5, 5.41) is 0. The van der Waals surface area contributed by atoms with Gasteiger partial charge in [0.25, 0.3) is 0 Å². The molecule has 1 rings (SSSR count). The van der Waals surface area contributed by atoms with Crippen LogP contribution in [0.4, 0.5) is 0 Å². The number of rotatable bonds is 2. The molecular formula is C10H16. The predicted molar refractivity (Wildman–Crippen MR) is 44.9 cm³/mol. The lowest BCUT2D eigenvalue weighted by molar-refractivity contribution is 0.526. The highest BCUT2D eigenvalue weighted by atomic mass is 14.2. The van der Waals surface area contributed by atoms with Crippen LogP contribution in [0.15, 0.2) is 17.4 Å². The fourth-order valence-electron chi connectivity index (χ4n) is 1.62. The van der Waals surface area contributed by atoms with Gasteiger partial charge in [-0.1, -0.05) is 13.8 Å². The molecule has 0 aliphatic heterocycles. The van der Waals surface area contributed by atoms with Crippen LogP contribution >= 0.6 is 0 Å². The summed E-state index contributed by atoms with van der Waals surface area (Å²) in [5.74, 6) is 0.843. The predicted octanol–water partition coefficient (Wildman–Crippen LogP) is 3.30. The van der Waals surface area contributed by atoms with E-state index in [1.165, 1.54) is 31.3 Å². The summed E-state index contributed by atoms with van der Waals surface area (Å²) in [6.45, 7) is 4.50. The Hall–Kier alpha value is -0.480. The third-order valence-corrected chi connectivity index (χ3v) is 2.31. The Morgan fingerprint density at radius 3 is 2.90 bits per heavy atom. The van der Waals surface area contributed by atoms with E-state index in [4.69, 9.17) is 0 Å². The largest absolute Gasteiger partial charge is 0.126 e. The smallest absolute Gasteiger partial charge is 0.0127 e. The van der Waals surface area contributed by atoms with Crippen LogP contribution in [0.3, 0.4) is 0 Å². The molecule has 0 saturated heterocycles. The average Bonchev–Trinajstić information content (AvgIpc) is 2.04. The lowest BCUT2D eigenvalue weighted by atomic mass is 9.88. The van der Waals surface area contributed by atoms with Crippen LogP contribution in [-0.2, 0) is 0 Å². The van der Waals surface area contributed by atoms with Crippen molar-refractivity contribution in [2.45, 2.75) is 39.5 Å². The SMILES string of the molecule is CCC1=C=CCCC1CC. The van der Waals surface area contributed by atoms with Crippen LogP contribution in [0, 0.1) is 5.92 Å². The van der Waals surface area contributed by atoms with Gasteiger partial charge in [0.05, 0.1) is 0 Å². The first kappa shape index (κ1) is 7.63. The van der Waals surface area contributed by atoms with Crippen molar-refractivity contribution in [2.75, 3.05) is 0 Å². The van der Waals surface area contributed by atoms with Crippen LogP contribution in [-0.4, -0.2) is 0 Å². The van der Waals surface area contributed by atoms with Crippen molar-refractivity contribution >= 4 is 0 Å². The molecule has 0 bridgehead atoms.